The molecule has 0 saturated carbocycles. The molecule has 1 saturated heterocycles. The number of likely N-dealkylation sites (tertiary alicyclic amines) is 1. The van der Waals surface area contributed by atoms with Crippen LogP contribution < -0.4 is 9.47 Å². The summed E-state index contributed by atoms with van der Waals surface area (Å²) in [6.45, 7) is 5.37. The Kier molecular flexibility index (Phi) is 5.80. The van der Waals surface area contributed by atoms with E-state index >= 15 is 0 Å². The number of ether oxygens (including phenoxy) is 2. The Morgan fingerprint density at radius 3 is 2.68 bits per heavy atom. The molecule has 0 amide bonds. The Balaban J connectivity index is 1.82. The van der Waals surface area contributed by atoms with Gasteiger partial charge in [-0.2, -0.15) is 0 Å². The van der Waals surface area contributed by atoms with Gasteiger partial charge in [-0.25, -0.2) is 0 Å². The molecule has 2 rings (SSSR count). The lowest BCUT2D eigenvalue weighted by molar-refractivity contribution is 0.199. The number of halogens is 1. The van der Waals surface area contributed by atoms with E-state index in [4.69, 9.17) is 21.1 Å². The lowest BCUT2D eigenvalue weighted by Gasteiger charge is -2.22. The molecule has 1 heterocycles. The van der Waals surface area contributed by atoms with Gasteiger partial charge in [0.05, 0.1) is 6.61 Å². The Labute approximate surface area is 120 Å². The SMILES string of the molecule is CCOc1ccccc1OCCN1CCCC1CCl. The van der Waals surface area contributed by atoms with Crippen LogP contribution in [0.1, 0.15) is 19.8 Å². The molecule has 3 nitrogen and oxygen atoms in total. The van der Waals surface area contributed by atoms with Crippen LogP contribution in [0, 0.1) is 0 Å². The fraction of sp³-hybridized carbons (Fsp3) is 0.600. The van der Waals surface area contributed by atoms with Gasteiger partial charge in [-0.15, -0.1) is 11.6 Å². The standard InChI is InChI=1S/C15H22ClNO2/c1-2-18-14-7-3-4-8-15(14)19-11-10-17-9-5-6-13(17)12-16/h3-4,7-8,13H,2,5-6,9-12H2,1H3. The second-order valence-corrected chi connectivity index (χ2v) is 5.02. The van der Waals surface area contributed by atoms with Gasteiger partial charge in [0.15, 0.2) is 11.5 Å². The molecule has 0 bridgehead atoms. The Morgan fingerprint density at radius 1 is 1.26 bits per heavy atom. The van der Waals surface area contributed by atoms with E-state index in [-0.39, 0.29) is 0 Å². The summed E-state index contributed by atoms with van der Waals surface area (Å²) in [4.78, 5) is 2.41. The molecule has 19 heavy (non-hydrogen) atoms. The molecule has 1 aliphatic heterocycles. The number of hydrogen-bond acceptors (Lipinski definition) is 3. The molecular formula is C15H22ClNO2. The summed E-state index contributed by atoms with van der Waals surface area (Å²) in [6, 6.07) is 8.34. The van der Waals surface area contributed by atoms with E-state index in [9.17, 15) is 0 Å². The number of alkyl halides is 1. The first-order valence-corrected chi connectivity index (χ1v) is 7.53. The van der Waals surface area contributed by atoms with E-state index in [1.54, 1.807) is 0 Å². The molecule has 0 N–H and O–H groups in total. The van der Waals surface area contributed by atoms with Gasteiger partial charge in [0, 0.05) is 18.5 Å². The van der Waals surface area contributed by atoms with Gasteiger partial charge in [0.25, 0.3) is 0 Å². The maximum absolute atomic E-state index is 5.96. The van der Waals surface area contributed by atoms with Crippen molar-refractivity contribution >= 4 is 11.6 Å². The van der Waals surface area contributed by atoms with Crippen LogP contribution in [-0.2, 0) is 0 Å². The average Bonchev–Trinajstić information content (AvgIpc) is 2.88. The minimum Gasteiger partial charge on any atom is -0.490 e. The van der Waals surface area contributed by atoms with Gasteiger partial charge in [-0.3, -0.25) is 4.90 Å². The zero-order chi connectivity index (χ0) is 13.5. The summed E-state index contributed by atoms with van der Waals surface area (Å²) in [5.41, 5.74) is 0. The highest BCUT2D eigenvalue weighted by atomic mass is 35.5. The molecule has 1 aliphatic rings. The lowest BCUT2D eigenvalue weighted by atomic mass is 10.2. The smallest absolute Gasteiger partial charge is 0.161 e. The molecule has 0 spiro atoms. The molecule has 4 heteroatoms. The van der Waals surface area contributed by atoms with Crippen molar-refractivity contribution < 1.29 is 9.47 Å². The average molecular weight is 284 g/mol. The number of benzene rings is 1. The van der Waals surface area contributed by atoms with Crippen molar-refractivity contribution in [1.29, 1.82) is 0 Å². The van der Waals surface area contributed by atoms with Crippen LogP contribution in [0.5, 0.6) is 11.5 Å². The van der Waals surface area contributed by atoms with Crippen molar-refractivity contribution in [1.82, 2.24) is 4.90 Å². The van der Waals surface area contributed by atoms with Crippen LogP contribution in [0.3, 0.4) is 0 Å². The molecule has 1 atom stereocenters. The normalized spacial score (nSPS) is 19.6. The Hall–Kier alpha value is -0.930. The van der Waals surface area contributed by atoms with Crippen molar-refractivity contribution in [2.75, 3.05) is 32.2 Å². The second-order valence-electron chi connectivity index (χ2n) is 4.71. The third-order valence-corrected chi connectivity index (χ3v) is 3.82. The minimum absolute atomic E-state index is 0.521. The molecule has 0 radical (unpaired) electrons. The summed E-state index contributed by atoms with van der Waals surface area (Å²) in [5, 5.41) is 0. The van der Waals surface area contributed by atoms with Gasteiger partial charge in [-0.05, 0) is 38.4 Å². The van der Waals surface area contributed by atoms with Crippen LogP contribution in [0.25, 0.3) is 0 Å². The largest absolute Gasteiger partial charge is 0.490 e. The van der Waals surface area contributed by atoms with Gasteiger partial charge in [-0.1, -0.05) is 12.1 Å². The summed E-state index contributed by atoms with van der Waals surface area (Å²) in [6.07, 6.45) is 2.45. The third-order valence-electron chi connectivity index (χ3n) is 3.46. The number of hydrogen-bond donors (Lipinski definition) is 0. The maximum atomic E-state index is 5.96. The van der Waals surface area contributed by atoms with Crippen molar-refractivity contribution in [3.05, 3.63) is 24.3 Å². The van der Waals surface area contributed by atoms with E-state index in [1.165, 1.54) is 12.8 Å². The first-order valence-electron chi connectivity index (χ1n) is 6.99. The fourth-order valence-corrected chi connectivity index (χ4v) is 2.83. The zero-order valence-corrected chi connectivity index (χ0v) is 12.2. The van der Waals surface area contributed by atoms with E-state index < -0.39 is 0 Å². The van der Waals surface area contributed by atoms with Crippen molar-refractivity contribution in [3.63, 3.8) is 0 Å². The highest BCUT2D eigenvalue weighted by Crippen LogP contribution is 2.26. The highest BCUT2D eigenvalue weighted by molar-refractivity contribution is 6.18. The third kappa shape index (κ3) is 4.02. The second kappa shape index (κ2) is 7.61. The van der Waals surface area contributed by atoms with Crippen molar-refractivity contribution in [2.24, 2.45) is 0 Å². The van der Waals surface area contributed by atoms with Crippen molar-refractivity contribution in [2.45, 2.75) is 25.8 Å². The molecule has 106 valence electrons. The molecule has 0 aromatic heterocycles. The van der Waals surface area contributed by atoms with Gasteiger partial charge < -0.3 is 9.47 Å². The van der Waals surface area contributed by atoms with Gasteiger partial charge in [0.1, 0.15) is 6.61 Å². The summed E-state index contributed by atoms with van der Waals surface area (Å²) >= 11 is 5.96. The van der Waals surface area contributed by atoms with E-state index in [0.29, 0.717) is 19.3 Å². The van der Waals surface area contributed by atoms with Crippen LogP contribution in [0.4, 0.5) is 0 Å². The predicted molar refractivity (Wildman–Crippen MR) is 78.4 cm³/mol. The highest BCUT2D eigenvalue weighted by Gasteiger charge is 2.23. The molecular weight excluding hydrogens is 262 g/mol. The fourth-order valence-electron chi connectivity index (χ4n) is 2.48. The molecule has 1 unspecified atom stereocenters. The maximum Gasteiger partial charge on any atom is 0.161 e. The lowest BCUT2D eigenvalue weighted by Crippen LogP contribution is -2.34. The number of para-hydroxylation sites is 2. The van der Waals surface area contributed by atoms with Crippen LogP contribution in [0.2, 0.25) is 0 Å². The Bertz CT molecular complexity index is 386. The molecule has 1 fully saturated rings. The summed E-state index contributed by atoms with van der Waals surface area (Å²) < 4.78 is 11.4. The first-order chi connectivity index (χ1) is 9.35. The number of rotatable bonds is 7. The zero-order valence-electron chi connectivity index (χ0n) is 11.5. The molecule has 0 aliphatic carbocycles. The van der Waals surface area contributed by atoms with E-state index in [2.05, 4.69) is 4.90 Å². The predicted octanol–water partition coefficient (Wildman–Crippen LogP) is 3.17. The van der Waals surface area contributed by atoms with Gasteiger partial charge >= 0.3 is 0 Å². The first kappa shape index (κ1) is 14.5. The minimum atomic E-state index is 0.521. The molecule has 1 aromatic carbocycles. The van der Waals surface area contributed by atoms with Crippen LogP contribution in [-0.4, -0.2) is 43.1 Å². The summed E-state index contributed by atoms with van der Waals surface area (Å²) in [7, 11) is 0. The quantitative estimate of drug-likeness (QED) is 0.718. The summed E-state index contributed by atoms with van der Waals surface area (Å²) in [5.74, 6) is 2.36. The van der Waals surface area contributed by atoms with Crippen LogP contribution in [0.15, 0.2) is 24.3 Å². The Morgan fingerprint density at radius 2 is 2.00 bits per heavy atom. The molecule has 1 aromatic rings. The van der Waals surface area contributed by atoms with E-state index in [0.717, 1.165) is 30.5 Å². The topological polar surface area (TPSA) is 21.7 Å². The van der Waals surface area contributed by atoms with E-state index in [1.807, 2.05) is 31.2 Å². The number of nitrogens with zero attached hydrogens (tertiary/aromatic N) is 1. The van der Waals surface area contributed by atoms with Gasteiger partial charge in [0.2, 0.25) is 0 Å². The van der Waals surface area contributed by atoms with Crippen LogP contribution >= 0.6 is 11.6 Å². The monoisotopic (exact) mass is 283 g/mol. The van der Waals surface area contributed by atoms with Crippen molar-refractivity contribution in [3.8, 4) is 11.5 Å².